The van der Waals surface area contributed by atoms with Gasteiger partial charge in [-0.3, -0.25) is 14.4 Å². The van der Waals surface area contributed by atoms with E-state index in [0.717, 1.165) is 12.8 Å². The molecule has 1 saturated heterocycles. The first-order chi connectivity index (χ1) is 13.4. The average Bonchev–Trinajstić information content (AvgIpc) is 3.21. The SMILES string of the molecule is CC.CC(=O)N1CCCC1C(N)=O.CNC(=O)NC1(C)CCC(C(=O)O)C1(C)C. The maximum atomic E-state index is 11.4. The smallest absolute Gasteiger partial charge is 0.314 e. The maximum Gasteiger partial charge on any atom is 0.314 e. The molecule has 3 unspecified atom stereocenters. The summed E-state index contributed by atoms with van der Waals surface area (Å²) >= 11 is 0. The lowest BCUT2D eigenvalue weighted by Gasteiger charge is -2.40. The molecule has 1 aliphatic carbocycles. The van der Waals surface area contributed by atoms with Crippen LogP contribution in [0, 0.1) is 11.3 Å². The first-order valence-corrected chi connectivity index (χ1v) is 10.2. The maximum absolute atomic E-state index is 11.4. The summed E-state index contributed by atoms with van der Waals surface area (Å²) in [5.41, 5.74) is 4.16. The molecule has 0 aromatic carbocycles. The molecule has 9 heteroatoms. The van der Waals surface area contributed by atoms with Crippen molar-refractivity contribution in [3.8, 4) is 0 Å². The summed E-state index contributed by atoms with van der Waals surface area (Å²) in [6.07, 6.45) is 2.88. The van der Waals surface area contributed by atoms with Gasteiger partial charge in [-0.1, -0.05) is 27.7 Å². The molecule has 0 bridgehead atoms. The second-order valence-electron chi connectivity index (χ2n) is 7.96. The van der Waals surface area contributed by atoms with Crippen molar-refractivity contribution in [1.29, 1.82) is 0 Å². The predicted octanol–water partition coefficient (Wildman–Crippen LogP) is 1.70. The number of aliphatic carboxylic acids is 1. The number of carboxylic acids is 1. The lowest BCUT2D eigenvalue weighted by molar-refractivity contribution is -0.145. The van der Waals surface area contributed by atoms with Crippen LogP contribution in [0.2, 0.25) is 0 Å². The van der Waals surface area contributed by atoms with E-state index < -0.39 is 28.7 Å². The van der Waals surface area contributed by atoms with Crippen LogP contribution in [0.5, 0.6) is 0 Å². The van der Waals surface area contributed by atoms with Gasteiger partial charge in [-0.05, 0) is 32.6 Å². The Labute approximate surface area is 173 Å². The van der Waals surface area contributed by atoms with Gasteiger partial charge in [-0.2, -0.15) is 0 Å². The molecule has 0 spiro atoms. The van der Waals surface area contributed by atoms with Crippen molar-refractivity contribution in [2.75, 3.05) is 13.6 Å². The van der Waals surface area contributed by atoms with Gasteiger partial charge in [0.25, 0.3) is 0 Å². The number of carboxylic acid groups (broad SMARTS) is 1. The normalized spacial score (nSPS) is 26.9. The van der Waals surface area contributed by atoms with Crippen molar-refractivity contribution in [2.24, 2.45) is 17.1 Å². The molecule has 0 aromatic heterocycles. The molecule has 9 nitrogen and oxygen atoms in total. The average molecular weight is 415 g/mol. The predicted molar refractivity (Wildman–Crippen MR) is 111 cm³/mol. The second kappa shape index (κ2) is 11.0. The fraction of sp³-hybridized carbons (Fsp3) is 0.800. The minimum Gasteiger partial charge on any atom is -0.481 e. The van der Waals surface area contributed by atoms with Gasteiger partial charge < -0.3 is 26.4 Å². The summed E-state index contributed by atoms with van der Waals surface area (Å²) in [4.78, 5) is 45.7. The van der Waals surface area contributed by atoms with E-state index in [1.807, 2.05) is 34.6 Å². The van der Waals surface area contributed by atoms with E-state index in [0.29, 0.717) is 19.4 Å². The monoisotopic (exact) mass is 414 g/mol. The number of carbonyl (C=O) groups excluding carboxylic acids is 3. The standard InChI is InChI=1S/C11H20N2O3.C7H12N2O2.C2H6/c1-10(2)7(8(14)15)5-6-11(10,3)13-9(16)12-4;1-5(10)9-4-2-3-6(9)7(8)11;1-2/h7H,5-6H2,1-4H3,(H,14,15)(H2,12,13,16);6H,2-4H2,1H3,(H2,8,11);1-2H3. The number of carbonyl (C=O) groups is 4. The molecule has 4 amide bonds. The minimum atomic E-state index is -0.785. The van der Waals surface area contributed by atoms with Crippen LogP contribution in [-0.2, 0) is 14.4 Å². The van der Waals surface area contributed by atoms with Crippen molar-refractivity contribution in [1.82, 2.24) is 15.5 Å². The number of nitrogens with zero attached hydrogens (tertiary/aromatic N) is 1. The Balaban J connectivity index is 0.000000526. The number of nitrogens with one attached hydrogen (secondary N) is 2. The summed E-state index contributed by atoms with van der Waals surface area (Å²) in [5.74, 6) is -1.65. The number of hydrogen-bond donors (Lipinski definition) is 4. The Kier molecular flexibility index (Phi) is 10.1. The van der Waals surface area contributed by atoms with Crippen LogP contribution in [0.25, 0.3) is 0 Å². The van der Waals surface area contributed by atoms with Crippen molar-refractivity contribution in [3.05, 3.63) is 0 Å². The largest absolute Gasteiger partial charge is 0.481 e. The Morgan fingerprint density at radius 1 is 1.10 bits per heavy atom. The number of amides is 4. The molecular formula is C20H38N4O5. The van der Waals surface area contributed by atoms with Gasteiger partial charge in [0.2, 0.25) is 11.8 Å². The highest BCUT2D eigenvalue weighted by molar-refractivity contribution is 5.86. The van der Waals surface area contributed by atoms with Crippen molar-refractivity contribution in [3.63, 3.8) is 0 Å². The van der Waals surface area contributed by atoms with Crippen LogP contribution in [0.15, 0.2) is 0 Å². The number of nitrogens with two attached hydrogens (primary N) is 1. The third kappa shape index (κ3) is 6.33. The molecule has 5 N–H and O–H groups in total. The van der Waals surface area contributed by atoms with Crippen LogP contribution in [0.1, 0.15) is 67.2 Å². The molecule has 168 valence electrons. The van der Waals surface area contributed by atoms with Gasteiger partial charge in [-0.25, -0.2) is 4.79 Å². The summed E-state index contributed by atoms with van der Waals surface area (Å²) in [7, 11) is 1.55. The Morgan fingerprint density at radius 3 is 2.00 bits per heavy atom. The van der Waals surface area contributed by atoms with Crippen molar-refractivity contribution >= 4 is 23.8 Å². The van der Waals surface area contributed by atoms with Gasteiger partial charge in [-0.15, -0.1) is 0 Å². The molecule has 1 saturated carbocycles. The van der Waals surface area contributed by atoms with Crippen LogP contribution in [0.4, 0.5) is 4.79 Å². The molecule has 1 heterocycles. The summed E-state index contributed by atoms with van der Waals surface area (Å²) in [6, 6.07) is -0.617. The Hall–Kier alpha value is -2.32. The zero-order chi connectivity index (χ0) is 23.0. The number of rotatable bonds is 3. The highest BCUT2D eigenvalue weighted by Gasteiger charge is 2.55. The highest BCUT2D eigenvalue weighted by atomic mass is 16.4. The number of likely N-dealkylation sites (tertiary alicyclic amines) is 1. The molecule has 0 aromatic rings. The molecule has 2 aliphatic rings. The van der Waals surface area contributed by atoms with Gasteiger partial charge in [0, 0.05) is 31.5 Å². The molecule has 2 rings (SSSR count). The van der Waals surface area contributed by atoms with Crippen molar-refractivity contribution in [2.45, 2.75) is 78.8 Å². The molecular weight excluding hydrogens is 376 g/mol. The highest BCUT2D eigenvalue weighted by Crippen LogP contribution is 2.50. The van der Waals surface area contributed by atoms with E-state index in [4.69, 9.17) is 10.8 Å². The van der Waals surface area contributed by atoms with E-state index in [9.17, 15) is 19.2 Å². The summed E-state index contributed by atoms with van der Waals surface area (Å²) in [6.45, 7) is 11.8. The summed E-state index contributed by atoms with van der Waals surface area (Å²) < 4.78 is 0. The van der Waals surface area contributed by atoms with Crippen LogP contribution < -0.4 is 16.4 Å². The molecule has 2 fully saturated rings. The van der Waals surface area contributed by atoms with E-state index in [-0.39, 0.29) is 18.0 Å². The van der Waals surface area contributed by atoms with Gasteiger partial charge >= 0.3 is 12.0 Å². The fourth-order valence-electron chi connectivity index (χ4n) is 3.91. The van der Waals surface area contributed by atoms with Crippen LogP contribution >= 0.6 is 0 Å². The first kappa shape index (κ1) is 26.7. The molecule has 0 radical (unpaired) electrons. The van der Waals surface area contributed by atoms with E-state index in [1.54, 1.807) is 7.05 Å². The van der Waals surface area contributed by atoms with Gasteiger partial charge in [0.1, 0.15) is 6.04 Å². The number of urea groups is 1. The number of hydrogen-bond acceptors (Lipinski definition) is 4. The fourth-order valence-corrected chi connectivity index (χ4v) is 3.91. The third-order valence-corrected chi connectivity index (χ3v) is 6.13. The zero-order valence-corrected chi connectivity index (χ0v) is 18.8. The zero-order valence-electron chi connectivity index (χ0n) is 18.8. The third-order valence-electron chi connectivity index (χ3n) is 6.13. The van der Waals surface area contributed by atoms with E-state index >= 15 is 0 Å². The molecule has 29 heavy (non-hydrogen) atoms. The first-order valence-electron chi connectivity index (χ1n) is 10.2. The quantitative estimate of drug-likeness (QED) is 0.556. The lowest BCUT2D eigenvalue weighted by Crippen LogP contribution is -2.57. The second-order valence-corrected chi connectivity index (χ2v) is 7.96. The van der Waals surface area contributed by atoms with Crippen molar-refractivity contribution < 1.29 is 24.3 Å². The Bertz CT molecular complexity index is 588. The van der Waals surface area contributed by atoms with Crippen LogP contribution in [-0.4, -0.2) is 59.0 Å². The van der Waals surface area contributed by atoms with Gasteiger partial charge in [0.15, 0.2) is 0 Å². The lowest BCUT2D eigenvalue weighted by atomic mass is 9.71. The Morgan fingerprint density at radius 2 is 1.66 bits per heavy atom. The van der Waals surface area contributed by atoms with Crippen LogP contribution in [0.3, 0.4) is 0 Å². The van der Waals surface area contributed by atoms with Gasteiger partial charge in [0.05, 0.1) is 5.92 Å². The number of primary amides is 1. The topological polar surface area (TPSA) is 142 Å². The van der Waals surface area contributed by atoms with E-state index in [2.05, 4.69) is 10.6 Å². The summed E-state index contributed by atoms with van der Waals surface area (Å²) in [5, 5.41) is 14.5. The minimum absolute atomic E-state index is 0.0636. The molecule has 1 aliphatic heterocycles. The van der Waals surface area contributed by atoms with E-state index in [1.165, 1.54) is 11.8 Å². The molecule has 3 atom stereocenters.